The van der Waals surface area contributed by atoms with Crippen molar-refractivity contribution in [2.24, 2.45) is 0 Å². The zero-order chi connectivity index (χ0) is 35.9. The van der Waals surface area contributed by atoms with E-state index >= 15 is 0 Å². The van der Waals surface area contributed by atoms with Crippen LogP contribution in [0.15, 0.2) is 176 Å². The maximum Gasteiger partial charge on any atom is 0.113 e. The monoisotopic (exact) mass is 711 g/mol. The molecule has 8 aromatic rings. The molecule has 0 saturated carbocycles. The Hall–Kier alpha value is -5.75. The molecule has 53 heavy (non-hydrogen) atoms. The summed E-state index contributed by atoms with van der Waals surface area (Å²) in [7, 11) is -3.74. The molecule has 0 aliphatic carbocycles. The SMILES string of the molecule is C[Si]1(C)c2ccccc2-c2ccc(N(c3ccc(-c4ccc5cc(-c6ccccc6)ccc5c4)cc3)c3cccc4c3-c3ccccc3[Si]4(C)C)cc21. The van der Waals surface area contributed by atoms with Gasteiger partial charge in [-0.1, -0.05) is 160 Å². The zero-order valence-corrected chi connectivity index (χ0v) is 32.7. The quantitative estimate of drug-likeness (QED) is 0.161. The summed E-state index contributed by atoms with van der Waals surface area (Å²) >= 11 is 0. The predicted octanol–water partition coefficient (Wildman–Crippen LogP) is 11.2. The first kappa shape index (κ1) is 31.9. The highest BCUT2D eigenvalue weighted by molar-refractivity contribution is 7.04. The van der Waals surface area contributed by atoms with E-state index in [9.17, 15) is 0 Å². The van der Waals surface area contributed by atoms with E-state index in [1.54, 1.807) is 0 Å². The molecule has 2 heterocycles. The van der Waals surface area contributed by atoms with Crippen LogP contribution in [-0.4, -0.2) is 16.1 Å². The fourth-order valence-electron chi connectivity index (χ4n) is 9.22. The number of anilines is 3. The summed E-state index contributed by atoms with van der Waals surface area (Å²) in [6.45, 7) is 10.0. The molecular weight excluding hydrogens is 671 g/mol. The zero-order valence-electron chi connectivity index (χ0n) is 30.7. The van der Waals surface area contributed by atoms with Crippen LogP contribution in [0.3, 0.4) is 0 Å². The van der Waals surface area contributed by atoms with Gasteiger partial charge in [-0.2, -0.15) is 0 Å². The summed E-state index contributed by atoms with van der Waals surface area (Å²) in [5.74, 6) is 0. The molecule has 0 spiro atoms. The van der Waals surface area contributed by atoms with Gasteiger partial charge in [-0.05, 0) is 113 Å². The summed E-state index contributed by atoms with van der Waals surface area (Å²) in [5.41, 5.74) is 14.2. The normalized spacial score (nSPS) is 14.3. The van der Waals surface area contributed by atoms with Gasteiger partial charge in [0.05, 0.1) is 5.69 Å². The lowest BCUT2D eigenvalue weighted by molar-refractivity contribution is 1.29. The number of nitrogens with zero attached hydrogens (tertiary/aromatic N) is 1. The predicted molar refractivity (Wildman–Crippen MR) is 234 cm³/mol. The van der Waals surface area contributed by atoms with E-state index in [0.29, 0.717) is 0 Å². The number of benzene rings is 8. The van der Waals surface area contributed by atoms with E-state index in [0.717, 1.165) is 0 Å². The Morgan fingerprint density at radius 2 is 0.849 bits per heavy atom. The average Bonchev–Trinajstić information content (AvgIpc) is 3.58. The van der Waals surface area contributed by atoms with Gasteiger partial charge in [0, 0.05) is 16.9 Å². The van der Waals surface area contributed by atoms with E-state index in [1.807, 2.05) is 0 Å². The van der Waals surface area contributed by atoms with Crippen LogP contribution in [-0.2, 0) is 0 Å². The molecule has 0 fully saturated rings. The molecule has 0 aromatic heterocycles. The summed E-state index contributed by atoms with van der Waals surface area (Å²) in [4.78, 5) is 2.54. The van der Waals surface area contributed by atoms with Gasteiger partial charge >= 0.3 is 0 Å². The van der Waals surface area contributed by atoms with Gasteiger partial charge < -0.3 is 4.90 Å². The fourth-order valence-corrected chi connectivity index (χ4v) is 15.4. The van der Waals surface area contributed by atoms with Crippen LogP contribution in [0.25, 0.3) is 55.3 Å². The van der Waals surface area contributed by atoms with Gasteiger partial charge in [-0.15, -0.1) is 0 Å². The van der Waals surface area contributed by atoms with Crippen molar-refractivity contribution in [3.05, 3.63) is 176 Å². The topological polar surface area (TPSA) is 3.24 Å². The van der Waals surface area contributed by atoms with Crippen LogP contribution in [0.4, 0.5) is 17.1 Å². The van der Waals surface area contributed by atoms with E-state index in [4.69, 9.17) is 0 Å². The molecule has 0 saturated heterocycles. The van der Waals surface area contributed by atoms with Gasteiger partial charge in [0.1, 0.15) is 16.1 Å². The molecule has 0 amide bonds. The average molecular weight is 712 g/mol. The Balaban J connectivity index is 1.10. The van der Waals surface area contributed by atoms with Crippen molar-refractivity contribution in [2.45, 2.75) is 26.2 Å². The van der Waals surface area contributed by atoms with Crippen molar-refractivity contribution < 1.29 is 0 Å². The number of rotatable bonds is 5. The van der Waals surface area contributed by atoms with E-state index in [-0.39, 0.29) is 0 Å². The van der Waals surface area contributed by atoms with Crippen LogP contribution in [0.5, 0.6) is 0 Å². The molecule has 2 aliphatic heterocycles. The van der Waals surface area contributed by atoms with Gasteiger partial charge in [-0.25, -0.2) is 0 Å². The van der Waals surface area contributed by atoms with E-state index < -0.39 is 16.1 Å². The fraction of sp³-hybridized carbons (Fsp3) is 0.0800. The van der Waals surface area contributed by atoms with E-state index in [1.165, 1.54) is 93.1 Å². The smallest absolute Gasteiger partial charge is 0.113 e. The van der Waals surface area contributed by atoms with Crippen LogP contribution < -0.4 is 25.6 Å². The molecule has 254 valence electrons. The Kier molecular flexibility index (Phi) is 7.17. The molecular formula is C50H41NSi2. The highest BCUT2D eigenvalue weighted by Crippen LogP contribution is 2.44. The summed E-state index contributed by atoms with van der Waals surface area (Å²) in [6, 6.07) is 66.1. The lowest BCUT2D eigenvalue weighted by Crippen LogP contribution is -2.49. The second-order valence-corrected chi connectivity index (χ2v) is 24.5. The lowest BCUT2D eigenvalue weighted by atomic mass is 9.97. The van der Waals surface area contributed by atoms with Crippen LogP contribution >= 0.6 is 0 Å². The lowest BCUT2D eigenvalue weighted by Gasteiger charge is -2.30. The number of hydrogen-bond donors (Lipinski definition) is 0. The summed E-state index contributed by atoms with van der Waals surface area (Å²) in [5, 5.41) is 8.62. The first-order chi connectivity index (χ1) is 25.8. The van der Waals surface area contributed by atoms with Crippen LogP contribution in [0.1, 0.15) is 0 Å². The summed E-state index contributed by atoms with van der Waals surface area (Å²) in [6.07, 6.45) is 0. The largest absolute Gasteiger partial charge is 0.310 e. The molecule has 0 N–H and O–H groups in total. The third-order valence-corrected chi connectivity index (χ3v) is 19.1. The molecule has 3 heteroatoms. The van der Waals surface area contributed by atoms with Crippen molar-refractivity contribution in [2.75, 3.05) is 4.90 Å². The molecule has 2 aliphatic rings. The molecule has 0 radical (unpaired) electrons. The van der Waals surface area contributed by atoms with Crippen molar-refractivity contribution >= 4 is 64.7 Å². The first-order valence-electron chi connectivity index (χ1n) is 18.8. The van der Waals surface area contributed by atoms with Crippen LogP contribution in [0, 0.1) is 0 Å². The van der Waals surface area contributed by atoms with Gasteiger partial charge in [0.2, 0.25) is 0 Å². The van der Waals surface area contributed by atoms with Crippen molar-refractivity contribution in [3.8, 4) is 44.5 Å². The number of fused-ring (bicyclic) bond motifs is 7. The molecule has 10 rings (SSSR count). The van der Waals surface area contributed by atoms with Gasteiger partial charge in [-0.3, -0.25) is 0 Å². The second-order valence-electron chi connectivity index (χ2n) is 15.8. The molecule has 0 bridgehead atoms. The maximum atomic E-state index is 2.54. The molecule has 0 unspecified atom stereocenters. The third-order valence-electron chi connectivity index (χ3n) is 12.1. The Bertz CT molecular complexity index is 2730. The highest BCUT2D eigenvalue weighted by atomic mass is 28.3. The maximum absolute atomic E-state index is 2.54. The Morgan fingerprint density at radius 1 is 0.340 bits per heavy atom. The first-order valence-corrected chi connectivity index (χ1v) is 24.8. The third kappa shape index (κ3) is 4.95. The molecule has 8 aromatic carbocycles. The standard InChI is InChI=1S/C50H41NSi2/c1-52(2)47-19-11-9-16-44(47)50-45(17-12-20-48(50)52)51(41-29-30-43-42-15-8-10-18-46(42)53(3,4)49(43)33-41)40-27-25-35(26-28-40)37-22-24-38-31-36(21-23-39(38)32-37)34-13-6-5-7-14-34/h5-33H,1-4H3. The van der Waals surface area contributed by atoms with E-state index in [2.05, 4.69) is 207 Å². The minimum Gasteiger partial charge on any atom is -0.310 e. The van der Waals surface area contributed by atoms with Crippen molar-refractivity contribution in [1.29, 1.82) is 0 Å². The second kappa shape index (κ2) is 11.9. The Morgan fingerprint density at radius 3 is 1.55 bits per heavy atom. The molecule has 0 atom stereocenters. The van der Waals surface area contributed by atoms with Crippen LogP contribution in [0.2, 0.25) is 26.2 Å². The van der Waals surface area contributed by atoms with Gasteiger partial charge in [0.15, 0.2) is 0 Å². The highest BCUT2D eigenvalue weighted by Gasteiger charge is 2.40. The summed E-state index contributed by atoms with van der Waals surface area (Å²) < 4.78 is 0. The van der Waals surface area contributed by atoms with Crippen molar-refractivity contribution in [3.63, 3.8) is 0 Å². The minimum atomic E-state index is -1.88. The molecule has 1 nitrogen and oxygen atoms in total. The van der Waals surface area contributed by atoms with Crippen molar-refractivity contribution in [1.82, 2.24) is 0 Å². The van der Waals surface area contributed by atoms with Gasteiger partial charge in [0.25, 0.3) is 0 Å². The minimum absolute atomic E-state index is 1.18. The Labute approximate surface area is 314 Å². The number of hydrogen-bond acceptors (Lipinski definition) is 1.